The van der Waals surface area contributed by atoms with Crippen molar-refractivity contribution in [3.05, 3.63) is 35.5 Å². The van der Waals surface area contributed by atoms with Gasteiger partial charge in [0.2, 0.25) is 0 Å². The summed E-state index contributed by atoms with van der Waals surface area (Å²) in [7, 11) is 3.33. The van der Waals surface area contributed by atoms with Crippen LogP contribution in [0.25, 0.3) is 0 Å². The average molecular weight is 233 g/mol. The number of aryl methyl sites for hydroxylation is 1. The topological polar surface area (TPSA) is 73.3 Å². The second-order valence-electron chi connectivity index (χ2n) is 3.86. The van der Waals surface area contributed by atoms with Crippen LogP contribution in [0.4, 0.5) is 5.82 Å². The van der Waals surface area contributed by atoms with Crippen molar-refractivity contribution in [1.29, 1.82) is 0 Å². The predicted octanol–water partition coefficient (Wildman–Crippen LogP) is 1.31. The molecule has 0 spiro atoms. The van der Waals surface area contributed by atoms with Crippen LogP contribution in [-0.2, 0) is 13.5 Å². The number of nitrogens with two attached hydrogens (primary N) is 1. The predicted molar refractivity (Wildman–Crippen MR) is 65.1 cm³/mol. The molecule has 0 aliphatic rings. The Balaban J connectivity index is 2.27. The number of ether oxygens (including phenoxy) is 1. The number of hydrogen-bond acceptors (Lipinski definition) is 4. The highest BCUT2D eigenvalue weighted by molar-refractivity contribution is 5.46. The van der Waals surface area contributed by atoms with Crippen molar-refractivity contribution in [2.75, 3.05) is 12.8 Å². The van der Waals surface area contributed by atoms with E-state index in [0.29, 0.717) is 18.0 Å². The van der Waals surface area contributed by atoms with Crippen LogP contribution in [0.2, 0.25) is 0 Å². The van der Waals surface area contributed by atoms with Gasteiger partial charge >= 0.3 is 0 Å². The summed E-state index contributed by atoms with van der Waals surface area (Å²) in [4.78, 5) is 0. The Morgan fingerprint density at radius 2 is 2.24 bits per heavy atom. The first kappa shape index (κ1) is 11.3. The zero-order valence-electron chi connectivity index (χ0n) is 9.84. The van der Waals surface area contributed by atoms with Crippen molar-refractivity contribution < 1.29 is 9.84 Å². The van der Waals surface area contributed by atoms with Crippen LogP contribution in [-0.4, -0.2) is 22.0 Å². The molecule has 17 heavy (non-hydrogen) atoms. The summed E-state index contributed by atoms with van der Waals surface area (Å²) in [6.45, 7) is 0. The van der Waals surface area contributed by atoms with Crippen molar-refractivity contribution in [1.82, 2.24) is 9.78 Å². The molecule has 0 aliphatic heterocycles. The molecule has 1 aromatic carbocycles. The molecule has 0 saturated carbocycles. The number of aromatic hydroxyl groups is 1. The Kier molecular flexibility index (Phi) is 2.91. The lowest BCUT2D eigenvalue weighted by Gasteiger charge is -2.06. The Bertz CT molecular complexity index is 535. The molecule has 0 fully saturated rings. The highest BCUT2D eigenvalue weighted by Crippen LogP contribution is 2.27. The third-order valence-corrected chi connectivity index (χ3v) is 2.70. The molecular formula is C12H15N3O2. The fourth-order valence-electron chi connectivity index (χ4n) is 1.68. The van der Waals surface area contributed by atoms with Crippen molar-refractivity contribution in [2.45, 2.75) is 6.42 Å². The summed E-state index contributed by atoms with van der Waals surface area (Å²) in [6.07, 6.45) is 2.41. The van der Waals surface area contributed by atoms with Gasteiger partial charge in [0, 0.05) is 19.0 Å². The van der Waals surface area contributed by atoms with E-state index in [0.717, 1.165) is 11.1 Å². The number of nitrogen functional groups attached to an aromatic ring is 1. The second-order valence-corrected chi connectivity index (χ2v) is 3.86. The van der Waals surface area contributed by atoms with E-state index in [1.807, 2.05) is 6.07 Å². The van der Waals surface area contributed by atoms with Gasteiger partial charge in [-0.3, -0.25) is 4.68 Å². The molecule has 2 aromatic rings. The molecule has 0 amide bonds. The maximum atomic E-state index is 9.49. The molecule has 0 aliphatic carbocycles. The number of phenols is 1. The highest BCUT2D eigenvalue weighted by Gasteiger charge is 2.08. The summed E-state index contributed by atoms with van der Waals surface area (Å²) in [5, 5.41) is 13.6. The number of hydrogen-bond donors (Lipinski definition) is 2. The zero-order valence-corrected chi connectivity index (χ0v) is 9.84. The molecular weight excluding hydrogens is 218 g/mol. The first-order valence-electron chi connectivity index (χ1n) is 5.24. The Morgan fingerprint density at radius 1 is 1.47 bits per heavy atom. The van der Waals surface area contributed by atoms with Crippen molar-refractivity contribution in [3.8, 4) is 11.5 Å². The van der Waals surface area contributed by atoms with E-state index in [1.54, 1.807) is 30.1 Å². The summed E-state index contributed by atoms with van der Waals surface area (Å²) < 4.78 is 6.69. The standard InChI is InChI=1S/C12H15N3O2/c1-15-12(13)9(7-14-15)5-8-3-4-10(16)11(6-8)17-2/h3-4,6-7,16H,5,13H2,1-2H3. The number of aromatic nitrogens is 2. The first-order chi connectivity index (χ1) is 8.11. The summed E-state index contributed by atoms with van der Waals surface area (Å²) in [5.41, 5.74) is 7.84. The molecule has 0 saturated heterocycles. The van der Waals surface area contributed by atoms with Crippen LogP contribution in [0.15, 0.2) is 24.4 Å². The Hall–Kier alpha value is -2.17. The third kappa shape index (κ3) is 2.18. The van der Waals surface area contributed by atoms with Gasteiger partial charge in [-0.1, -0.05) is 6.07 Å². The quantitative estimate of drug-likeness (QED) is 0.838. The van der Waals surface area contributed by atoms with Crippen LogP contribution in [0.1, 0.15) is 11.1 Å². The van der Waals surface area contributed by atoms with Gasteiger partial charge in [-0.25, -0.2) is 0 Å². The summed E-state index contributed by atoms with van der Waals surface area (Å²) in [6, 6.07) is 5.24. The van der Waals surface area contributed by atoms with Gasteiger partial charge in [-0.15, -0.1) is 0 Å². The molecule has 0 atom stereocenters. The Morgan fingerprint density at radius 3 is 2.82 bits per heavy atom. The molecule has 1 aromatic heterocycles. The molecule has 5 nitrogen and oxygen atoms in total. The van der Waals surface area contributed by atoms with Gasteiger partial charge in [0.1, 0.15) is 5.82 Å². The van der Waals surface area contributed by atoms with Gasteiger partial charge in [0.25, 0.3) is 0 Å². The van der Waals surface area contributed by atoms with E-state index in [2.05, 4.69) is 5.10 Å². The number of benzene rings is 1. The monoisotopic (exact) mass is 233 g/mol. The highest BCUT2D eigenvalue weighted by atomic mass is 16.5. The van der Waals surface area contributed by atoms with Crippen LogP contribution in [0.5, 0.6) is 11.5 Å². The number of phenolic OH excluding ortho intramolecular Hbond substituents is 1. The minimum absolute atomic E-state index is 0.135. The zero-order chi connectivity index (χ0) is 12.4. The second kappa shape index (κ2) is 4.37. The third-order valence-electron chi connectivity index (χ3n) is 2.70. The molecule has 3 N–H and O–H groups in total. The van der Waals surface area contributed by atoms with Gasteiger partial charge in [-0.2, -0.15) is 5.10 Å². The Labute approximate surface area is 99.4 Å². The lowest BCUT2D eigenvalue weighted by Crippen LogP contribution is -2.00. The number of anilines is 1. The fraction of sp³-hybridized carbons (Fsp3) is 0.250. The average Bonchev–Trinajstić information content (AvgIpc) is 2.63. The van der Waals surface area contributed by atoms with Crippen LogP contribution < -0.4 is 10.5 Å². The van der Waals surface area contributed by atoms with Crippen molar-refractivity contribution in [2.24, 2.45) is 7.05 Å². The molecule has 0 radical (unpaired) electrons. The first-order valence-corrected chi connectivity index (χ1v) is 5.24. The normalized spacial score (nSPS) is 10.5. The molecule has 90 valence electrons. The number of methoxy groups -OCH3 is 1. The van der Waals surface area contributed by atoms with Crippen LogP contribution >= 0.6 is 0 Å². The number of rotatable bonds is 3. The molecule has 1 heterocycles. The van der Waals surface area contributed by atoms with Gasteiger partial charge in [0.15, 0.2) is 11.5 Å². The molecule has 0 bridgehead atoms. The summed E-state index contributed by atoms with van der Waals surface area (Å²) in [5.74, 6) is 1.25. The molecule has 5 heteroatoms. The number of nitrogens with zero attached hydrogens (tertiary/aromatic N) is 2. The summed E-state index contributed by atoms with van der Waals surface area (Å²) >= 11 is 0. The largest absolute Gasteiger partial charge is 0.504 e. The van der Waals surface area contributed by atoms with E-state index in [1.165, 1.54) is 7.11 Å². The fourth-order valence-corrected chi connectivity index (χ4v) is 1.68. The van der Waals surface area contributed by atoms with Crippen molar-refractivity contribution in [3.63, 3.8) is 0 Å². The minimum atomic E-state index is 0.135. The van der Waals surface area contributed by atoms with Crippen LogP contribution in [0.3, 0.4) is 0 Å². The van der Waals surface area contributed by atoms with Gasteiger partial charge in [-0.05, 0) is 17.7 Å². The van der Waals surface area contributed by atoms with E-state index in [-0.39, 0.29) is 5.75 Å². The van der Waals surface area contributed by atoms with E-state index < -0.39 is 0 Å². The molecule has 2 rings (SSSR count). The van der Waals surface area contributed by atoms with E-state index >= 15 is 0 Å². The van der Waals surface area contributed by atoms with E-state index in [9.17, 15) is 5.11 Å². The maximum absolute atomic E-state index is 9.49. The maximum Gasteiger partial charge on any atom is 0.160 e. The van der Waals surface area contributed by atoms with E-state index in [4.69, 9.17) is 10.5 Å². The smallest absolute Gasteiger partial charge is 0.160 e. The lowest BCUT2D eigenvalue weighted by molar-refractivity contribution is 0.373. The minimum Gasteiger partial charge on any atom is -0.504 e. The van der Waals surface area contributed by atoms with Crippen molar-refractivity contribution >= 4 is 5.82 Å². The SMILES string of the molecule is COc1cc(Cc2cnn(C)c2N)ccc1O. The van der Waals surface area contributed by atoms with Gasteiger partial charge < -0.3 is 15.6 Å². The molecule has 0 unspecified atom stereocenters. The van der Waals surface area contributed by atoms with Crippen LogP contribution in [0, 0.1) is 0 Å². The van der Waals surface area contributed by atoms with Gasteiger partial charge in [0.05, 0.1) is 13.3 Å². The lowest BCUT2D eigenvalue weighted by atomic mass is 10.1.